The van der Waals surface area contributed by atoms with Crippen LogP contribution in [0.5, 0.6) is 0 Å². The molecule has 0 atom stereocenters. The monoisotopic (exact) mass is 228 g/mol. The van der Waals surface area contributed by atoms with E-state index in [1.165, 1.54) is 6.92 Å². The molecule has 5 heteroatoms. The summed E-state index contributed by atoms with van der Waals surface area (Å²) in [5.41, 5.74) is 5.39. The zero-order valence-electron chi connectivity index (χ0n) is 10.1. The minimum atomic E-state index is -0.941. The summed E-state index contributed by atoms with van der Waals surface area (Å²) in [6.45, 7) is 6.89. The van der Waals surface area contributed by atoms with Gasteiger partial charge in [-0.25, -0.2) is 4.79 Å². The highest BCUT2D eigenvalue weighted by atomic mass is 16.4. The van der Waals surface area contributed by atoms with Crippen molar-refractivity contribution in [3.63, 3.8) is 0 Å². The smallest absolute Gasteiger partial charge is 0.330 e. The summed E-state index contributed by atoms with van der Waals surface area (Å²) in [5.74, 6) is -0.941. The Bertz CT molecular complexity index is 285. The van der Waals surface area contributed by atoms with E-state index in [9.17, 15) is 9.59 Å². The second-order valence-corrected chi connectivity index (χ2v) is 4.25. The summed E-state index contributed by atoms with van der Waals surface area (Å²) in [6, 6.07) is 0. The molecule has 0 aliphatic heterocycles. The van der Waals surface area contributed by atoms with E-state index in [4.69, 9.17) is 10.8 Å². The number of amides is 1. The van der Waals surface area contributed by atoms with E-state index >= 15 is 0 Å². The summed E-state index contributed by atoms with van der Waals surface area (Å²) >= 11 is 0. The van der Waals surface area contributed by atoms with Crippen molar-refractivity contribution in [3.8, 4) is 0 Å². The normalized spacial score (nSPS) is 12.2. The summed E-state index contributed by atoms with van der Waals surface area (Å²) in [5, 5.41) is 8.68. The second-order valence-electron chi connectivity index (χ2n) is 4.25. The highest BCUT2D eigenvalue weighted by Crippen LogP contribution is 2.00. The van der Waals surface area contributed by atoms with E-state index < -0.39 is 11.9 Å². The van der Waals surface area contributed by atoms with Gasteiger partial charge in [0.05, 0.1) is 6.54 Å². The molecule has 0 unspecified atom stereocenters. The van der Waals surface area contributed by atoms with Gasteiger partial charge in [0.25, 0.3) is 0 Å². The number of rotatable bonds is 7. The zero-order valence-corrected chi connectivity index (χ0v) is 10.1. The first-order valence-electron chi connectivity index (χ1n) is 5.23. The van der Waals surface area contributed by atoms with E-state index in [-0.39, 0.29) is 12.1 Å². The second kappa shape index (κ2) is 7.00. The van der Waals surface area contributed by atoms with Crippen LogP contribution in [0.2, 0.25) is 0 Å². The van der Waals surface area contributed by atoms with Crippen molar-refractivity contribution in [1.29, 1.82) is 0 Å². The van der Waals surface area contributed by atoms with Crippen molar-refractivity contribution in [1.82, 2.24) is 4.90 Å². The van der Waals surface area contributed by atoms with Gasteiger partial charge < -0.3 is 10.8 Å². The van der Waals surface area contributed by atoms with Crippen molar-refractivity contribution in [2.75, 3.05) is 19.6 Å². The van der Waals surface area contributed by atoms with E-state index in [2.05, 4.69) is 0 Å². The van der Waals surface area contributed by atoms with Crippen LogP contribution in [0.15, 0.2) is 11.6 Å². The lowest BCUT2D eigenvalue weighted by Gasteiger charge is -2.21. The third kappa shape index (κ3) is 7.00. The van der Waals surface area contributed by atoms with Gasteiger partial charge in [-0.2, -0.15) is 0 Å². The molecule has 5 nitrogen and oxygen atoms in total. The molecule has 0 bridgehead atoms. The first-order valence-corrected chi connectivity index (χ1v) is 5.23. The Kier molecular flexibility index (Phi) is 6.41. The molecule has 0 aromatic carbocycles. The Morgan fingerprint density at radius 3 is 2.38 bits per heavy atom. The topological polar surface area (TPSA) is 83.6 Å². The van der Waals surface area contributed by atoms with E-state index in [1.807, 2.05) is 18.7 Å². The number of aliphatic carboxylic acids is 1. The fourth-order valence-electron chi connectivity index (χ4n) is 1.29. The third-order valence-electron chi connectivity index (χ3n) is 2.00. The maximum Gasteiger partial charge on any atom is 0.330 e. The molecule has 3 N–H and O–H groups in total. The molecule has 0 radical (unpaired) electrons. The van der Waals surface area contributed by atoms with Crippen molar-refractivity contribution in [3.05, 3.63) is 11.6 Å². The molecule has 0 heterocycles. The maximum atomic E-state index is 10.8. The molecule has 0 fully saturated rings. The minimum absolute atomic E-state index is 0.154. The predicted molar refractivity (Wildman–Crippen MR) is 61.9 cm³/mol. The number of hydrogen-bond acceptors (Lipinski definition) is 3. The van der Waals surface area contributed by atoms with Gasteiger partial charge in [-0.1, -0.05) is 19.9 Å². The van der Waals surface area contributed by atoms with Gasteiger partial charge in [-0.15, -0.1) is 0 Å². The Labute approximate surface area is 95.9 Å². The van der Waals surface area contributed by atoms with Crippen LogP contribution in [-0.4, -0.2) is 41.5 Å². The van der Waals surface area contributed by atoms with Crippen LogP contribution in [0.3, 0.4) is 0 Å². The van der Waals surface area contributed by atoms with Crippen LogP contribution < -0.4 is 5.73 Å². The van der Waals surface area contributed by atoms with Gasteiger partial charge in [0.15, 0.2) is 0 Å². The molecular formula is C11H20N2O3. The highest BCUT2D eigenvalue weighted by molar-refractivity contribution is 5.85. The van der Waals surface area contributed by atoms with Gasteiger partial charge in [0.2, 0.25) is 5.91 Å². The van der Waals surface area contributed by atoms with E-state index in [0.29, 0.717) is 19.0 Å². The lowest BCUT2D eigenvalue weighted by Crippen LogP contribution is -2.36. The molecule has 0 spiro atoms. The highest BCUT2D eigenvalue weighted by Gasteiger charge is 2.09. The average Bonchev–Trinajstić information content (AvgIpc) is 2.11. The number of nitrogens with zero attached hydrogens (tertiary/aromatic N) is 1. The average molecular weight is 228 g/mol. The Morgan fingerprint density at radius 2 is 2.00 bits per heavy atom. The summed E-state index contributed by atoms with van der Waals surface area (Å²) in [7, 11) is 0. The first kappa shape index (κ1) is 14.6. The number of hydrogen-bond donors (Lipinski definition) is 2. The fourth-order valence-corrected chi connectivity index (χ4v) is 1.29. The van der Waals surface area contributed by atoms with Crippen LogP contribution in [0.4, 0.5) is 0 Å². The molecule has 1 amide bonds. The molecule has 0 aromatic rings. The number of carboxylic acid groups (broad SMARTS) is 1. The molecule has 0 saturated heterocycles. The van der Waals surface area contributed by atoms with Crippen LogP contribution in [0.25, 0.3) is 0 Å². The Morgan fingerprint density at radius 1 is 1.44 bits per heavy atom. The Hall–Kier alpha value is -1.36. The maximum absolute atomic E-state index is 10.8. The SMILES string of the molecule is CC(=CCN(CC(N)=O)CC(C)C)C(=O)O. The minimum Gasteiger partial charge on any atom is -0.478 e. The molecular weight excluding hydrogens is 208 g/mol. The van der Waals surface area contributed by atoms with Crippen molar-refractivity contribution in [2.24, 2.45) is 11.7 Å². The van der Waals surface area contributed by atoms with Crippen LogP contribution in [-0.2, 0) is 9.59 Å². The summed E-state index contributed by atoms with van der Waals surface area (Å²) in [6.07, 6.45) is 1.59. The number of nitrogens with two attached hydrogens (primary N) is 1. The first-order chi connectivity index (χ1) is 7.32. The predicted octanol–water partition coefficient (Wildman–Crippen LogP) is 0.461. The number of carbonyl (C=O) groups is 2. The van der Waals surface area contributed by atoms with Gasteiger partial charge >= 0.3 is 5.97 Å². The summed E-state index contributed by atoms with van der Waals surface area (Å²) < 4.78 is 0. The van der Waals surface area contributed by atoms with Crippen LogP contribution in [0, 0.1) is 5.92 Å². The van der Waals surface area contributed by atoms with Gasteiger partial charge in [-0.3, -0.25) is 9.69 Å². The number of primary amides is 1. The fraction of sp³-hybridized carbons (Fsp3) is 0.636. The summed E-state index contributed by atoms with van der Waals surface area (Å²) in [4.78, 5) is 23.2. The number of carbonyl (C=O) groups excluding carboxylic acids is 1. The lowest BCUT2D eigenvalue weighted by atomic mass is 10.2. The molecule has 0 aliphatic rings. The van der Waals surface area contributed by atoms with Crippen molar-refractivity contribution < 1.29 is 14.7 Å². The van der Waals surface area contributed by atoms with Gasteiger partial charge in [0, 0.05) is 18.7 Å². The largest absolute Gasteiger partial charge is 0.478 e. The molecule has 92 valence electrons. The third-order valence-corrected chi connectivity index (χ3v) is 2.00. The molecule has 0 aromatic heterocycles. The Balaban J connectivity index is 4.36. The zero-order chi connectivity index (χ0) is 12.7. The molecule has 0 aliphatic carbocycles. The van der Waals surface area contributed by atoms with Gasteiger partial charge in [-0.05, 0) is 12.8 Å². The van der Waals surface area contributed by atoms with E-state index in [1.54, 1.807) is 6.08 Å². The van der Waals surface area contributed by atoms with Gasteiger partial charge in [0.1, 0.15) is 0 Å². The van der Waals surface area contributed by atoms with Crippen molar-refractivity contribution in [2.45, 2.75) is 20.8 Å². The molecule has 0 saturated carbocycles. The van der Waals surface area contributed by atoms with Crippen LogP contribution in [0.1, 0.15) is 20.8 Å². The lowest BCUT2D eigenvalue weighted by molar-refractivity contribution is -0.132. The molecule has 0 rings (SSSR count). The van der Waals surface area contributed by atoms with Crippen LogP contribution >= 0.6 is 0 Å². The van der Waals surface area contributed by atoms with E-state index in [0.717, 1.165) is 0 Å². The standard InChI is InChI=1S/C11H20N2O3/c1-8(2)6-13(7-10(12)14)5-4-9(3)11(15)16/h4,8H,5-7H2,1-3H3,(H2,12,14)(H,15,16). The quantitative estimate of drug-likeness (QED) is 0.620. The number of carboxylic acids is 1. The van der Waals surface area contributed by atoms with Crippen molar-refractivity contribution >= 4 is 11.9 Å². The molecule has 16 heavy (non-hydrogen) atoms.